The first kappa shape index (κ1) is 11.6. The van der Waals surface area contributed by atoms with Crippen LogP contribution in [-0.4, -0.2) is 42.0 Å². The normalized spacial score (nSPS) is 13.4. The zero-order valence-corrected chi connectivity index (χ0v) is 8.21. The van der Waals surface area contributed by atoms with Crippen LogP contribution in [-0.2, 0) is 4.79 Å². The Hall–Kier alpha value is -0.410. The third-order valence-electron chi connectivity index (χ3n) is 2.06. The van der Waals surface area contributed by atoms with Crippen molar-refractivity contribution in [3.63, 3.8) is 0 Å². The quantitative estimate of drug-likeness (QED) is 0.641. The summed E-state index contributed by atoms with van der Waals surface area (Å²) in [5.74, 6) is 0.236. The molecule has 0 saturated heterocycles. The van der Waals surface area contributed by atoms with Crippen LogP contribution >= 0.6 is 0 Å². The summed E-state index contributed by atoms with van der Waals surface area (Å²) in [6, 6.07) is 0.192. The van der Waals surface area contributed by atoms with Crippen molar-refractivity contribution in [2.45, 2.75) is 32.7 Å². The SMILES string of the molecule is CC(=O)CCCN(C)C(C)CO. The topological polar surface area (TPSA) is 40.5 Å². The van der Waals surface area contributed by atoms with Gasteiger partial charge >= 0.3 is 0 Å². The summed E-state index contributed by atoms with van der Waals surface area (Å²) in [5.41, 5.74) is 0. The minimum atomic E-state index is 0.177. The fourth-order valence-electron chi connectivity index (χ4n) is 0.937. The lowest BCUT2D eigenvalue weighted by atomic mass is 10.2. The van der Waals surface area contributed by atoms with E-state index >= 15 is 0 Å². The van der Waals surface area contributed by atoms with Crippen molar-refractivity contribution in [1.82, 2.24) is 4.90 Å². The predicted molar refractivity (Wildman–Crippen MR) is 49.1 cm³/mol. The Kier molecular flexibility index (Phi) is 5.93. The second kappa shape index (κ2) is 6.14. The maximum atomic E-state index is 10.6. The van der Waals surface area contributed by atoms with Gasteiger partial charge in [0.15, 0.2) is 0 Å². The van der Waals surface area contributed by atoms with Crippen LogP contribution in [0.1, 0.15) is 26.7 Å². The molecule has 0 aliphatic heterocycles. The molecule has 0 fully saturated rings. The van der Waals surface area contributed by atoms with Gasteiger partial charge in [0.2, 0.25) is 0 Å². The highest BCUT2D eigenvalue weighted by Gasteiger charge is 2.06. The first-order chi connectivity index (χ1) is 5.57. The molecule has 0 aliphatic rings. The van der Waals surface area contributed by atoms with Gasteiger partial charge in [0.25, 0.3) is 0 Å². The Bertz CT molecular complexity index is 136. The summed E-state index contributed by atoms with van der Waals surface area (Å²) >= 11 is 0. The van der Waals surface area contributed by atoms with E-state index < -0.39 is 0 Å². The average molecular weight is 173 g/mol. The van der Waals surface area contributed by atoms with Crippen LogP contribution in [0.2, 0.25) is 0 Å². The van der Waals surface area contributed by atoms with Crippen molar-refractivity contribution in [2.75, 3.05) is 20.2 Å². The Morgan fingerprint density at radius 1 is 1.58 bits per heavy atom. The number of carbonyl (C=O) groups is 1. The second-order valence-corrected chi connectivity index (χ2v) is 3.32. The maximum Gasteiger partial charge on any atom is 0.129 e. The van der Waals surface area contributed by atoms with E-state index in [2.05, 4.69) is 4.90 Å². The van der Waals surface area contributed by atoms with Gasteiger partial charge in [-0.1, -0.05) is 0 Å². The molecule has 0 bridgehead atoms. The third-order valence-corrected chi connectivity index (χ3v) is 2.06. The lowest BCUT2D eigenvalue weighted by molar-refractivity contribution is -0.117. The molecule has 0 aliphatic carbocycles. The van der Waals surface area contributed by atoms with E-state index in [4.69, 9.17) is 5.11 Å². The number of likely N-dealkylation sites (N-methyl/N-ethyl adjacent to an activating group) is 1. The highest BCUT2D eigenvalue weighted by Crippen LogP contribution is 1.98. The van der Waals surface area contributed by atoms with Crippen LogP contribution in [0.4, 0.5) is 0 Å². The van der Waals surface area contributed by atoms with Crippen LogP contribution in [0.15, 0.2) is 0 Å². The van der Waals surface area contributed by atoms with Gasteiger partial charge in [0.1, 0.15) is 5.78 Å². The van der Waals surface area contributed by atoms with Crippen molar-refractivity contribution in [3.05, 3.63) is 0 Å². The molecule has 1 N–H and O–H groups in total. The van der Waals surface area contributed by atoms with Gasteiger partial charge in [-0.15, -0.1) is 0 Å². The Morgan fingerprint density at radius 2 is 2.17 bits per heavy atom. The van der Waals surface area contributed by atoms with E-state index in [1.54, 1.807) is 6.92 Å². The smallest absolute Gasteiger partial charge is 0.129 e. The summed E-state index contributed by atoms with van der Waals surface area (Å²) in [6.45, 7) is 4.63. The van der Waals surface area contributed by atoms with Crippen LogP contribution in [0.5, 0.6) is 0 Å². The molecule has 0 rings (SSSR count). The number of hydrogen-bond donors (Lipinski definition) is 1. The van der Waals surface area contributed by atoms with Crippen molar-refractivity contribution in [3.8, 4) is 0 Å². The van der Waals surface area contributed by atoms with E-state index in [1.807, 2.05) is 14.0 Å². The molecule has 0 heterocycles. The first-order valence-electron chi connectivity index (χ1n) is 4.38. The summed E-state index contributed by atoms with van der Waals surface area (Å²) in [6.07, 6.45) is 1.53. The molecule has 1 unspecified atom stereocenters. The number of Topliss-reactive ketones (excluding diaryl/α,β-unsaturated/α-hetero) is 1. The summed E-state index contributed by atoms with van der Waals surface area (Å²) < 4.78 is 0. The first-order valence-corrected chi connectivity index (χ1v) is 4.38. The summed E-state index contributed by atoms with van der Waals surface area (Å²) in [4.78, 5) is 12.7. The van der Waals surface area contributed by atoms with E-state index in [1.165, 1.54) is 0 Å². The molecular formula is C9H19NO2. The Labute approximate surface area is 74.4 Å². The van der Waals surface area contributed by atoms with Crippen molar-refractivity contribution >= 4 is 5.78 Å². The van der Waals surface area contributed by atoms with Crippen molar-refractivity contribution in [1.29, 1.82) is 0 Å². The van der Waals surface area contributed by atoms with E-state index in [0.29, 0.717) is 6.42 Å². The highest BCUT2D eigenvalue weighted by atomic mass is 16.3. The number of aliphatic hydroxyl groups excluding tert-OH is 1. The number of aliphatic hydroxyl groups is 1. The fraction of sp³-hybridized carbons (Fsp3) is 0.889. The van der Waals surface area contributed by atoms with E-state index in [9.17, 15) is 4.79 Å². The molecule has 0 aromatic heterocycles. The van der Waals surface area contributed by atoms with Gasteiger partial charge in [0.05, 0.1) is 6.61 Å². The lowest BCUT2D eigenvalue weighted by Crippen LogP contribution is -2.32. The number of nitrogens with zero attached hydrogens (tertiary/aromatic N) is 1. The molecule has 0 spiro atoms. The Balaban J connectivity index is 3.43. The van der Waals surface area contributed by atoms with Gasteiger partial charge in [-0.3, -0.25) is 0 Å². The predicted octanol–water partition coefficient (Wildman–Crippen LogP) is 0.668. The summed E-state index contributed by atoms with van der Waals surface area (Å²) in [5, 5.41) is 8.81. The molecular weight excluding hydrogens is 154 g/mol. The van der Waals surface area contributed by atoms with Crippen LogP contribution in [0.3, 0.4) is 0 Å². The van der Waals surface area contributed by atoms with Gasteiger partial charge in [0, 0.05) is 12.5 Å². The van der Waals surface area contributed by atoms with Crippen molar-refractivity contribution < 1.29 is 9.90 Å². The molecule has 3 heteroatoms. The van der Waals surface area contributed by atoms with Gasteiger partial charge in [-0.05, 0) is 33.9 Å². The fourth-order valence-corrected chi connectivity index (χ4v) is 0.937. The molecule has 1 atom stereocenters. The maximum absolute atomic E-state index is 10.6. The molecule has 0 amide bonds. The number of carbonyl (C=O) groups excluding carboxylic acids is 1. The zero-order valence-electron chi connectivity index (χ0n) is 8.21. The number of ketones is 1. The zero-order chi connectivity index (χ0) is 9.56. The van der Waals surface area contributed by atoms with Gasteiger partial charge in [-0.2, -0.15) is 0 Å². The largest absolute Gasteiger partial charge is 0.395 e. The number of hydrogen-bond acceptors (Lipinski definition) is 3. The second-order valence-electron chi connectivity index (χ2n) is 3.32. The highest BCUT2D eigenvalue weighted by molar-refractivity contribution is 5.75. The Morgan fingerprint density at radius 3 is 2.58 bits per heavy atom. The lowest BCUT2D eigenvalue weighted by Gasteiger charge is -2.22. The molecule has 3 nitrogen and oxygen atoms in total. The summed E-state index contributed by atoms with van der Waals surface area (Å²) in [7, 11) is 1.96. The van der Waals surface area contributed by atoms with Crippen LogP contribution in [0.25, 0.3) is 0 Å². The molecule has 0 saturated carbocycles. The molecule has 0 aromatic rings. The van der Waals surface area contributed by atoms with Gasteiger partial charge < -0.3 is 14.8 Å². The van der Waals surface area contributed by atoms with Crippen LogP contribution in [0, 0.1) is 0 Å². The molecule has 72 valence electrons. The minimum absolute atomic E-state index is 0.177. The minimum Gasteiger partial charge on any atom is -0.395 e. The van der Waals surface area contributed by atoms with Crippen LogP contribution < -0.4 is 0 Å². The van der Waals surface area contributed by atoms with Crippen molar-refractivity contribution in [2.24, 2.45) is 0 Å². The molecule has 0 radical (unpaired) electrons. The number of rotatable bonds is 6. The third kappa shape index (κ3) is 5.27. The van der Waals surface area contributed by atoms with Gasteiger partial charge in [-0.25, -0.2) is 0 Å². The molecule has 12 heavy (non-hydrogen) atoms. The monoisotopic (exact) mass is 173 g/mol. The molecule has 0 aromatic carbocycles. The standard InChI is InChI=1S/C9H19NO2/c1-8(7-11)10(3)6-4-5-9(2)12/h8,11H,4-7H2,1-3H3. The van der Waals surface area contributed by atoms with E-state index in [-0.39, 0.29) is 18.4 Å². The van der Waals surface area contributed by atoms with E-state index in [0.717, 1.165) is 13.0 Å². The average Bonchev–Trinajstić information content (AvgIpc) is 2.02.